The molecule has 0 aliphatic heterocycles. The summed E-state index contributed by atoms with van der Waals surface area (Å²) in [5.74, 6) is -0.429. The summed E-state index contributed by atoms with van der Waals surface area (Å²) in [6.45, 7) is 0. The van der Waals surface area contributed by atoms with Gasteiger partial charge in [0.15, 0.2) is 5.15 Å². The molecule has 0 atom stereocenters. The minimum Gasteiger partial charge on any atom is -0.396 e. The van der Waals surface area contributed by atoms with Gasteiger partial charge >= 0.3 is 0 Å². The molecule has 0 saturated carbocycles. The smallest absolute Gasteiger partial charge is 0.275 e. The number of nitrogens with one attached hydrogen (secondary N) is 2. The molecule has 0 aliphatic rings. The monoisotopic (exact) mass is 315 g/mol. The molecule has 8 heteroatoms. The van der Waals surface area contributed by atoms with E-state index in [-0.39, 0.29) is 16.5 Å². The summed E-state index contributed by atoms with van der Waals surface area (Å²) < 4.78 is 0.704. The van der Waals surface area contributed by atoms with Crippen molar-refractivity contribution in [3.63, 3.8) is 0 Å². The summed E-state index contributed by atoms with van der Waals surface area (Å²) >= 11 is 9.07. The van der Waals surface area contributed by atoms with Crippen LogP contribution in [0, 0.1) is 0 Å². The minimum absolute atomic E-state index is 0.182. The van der Waals surface area contributed by atoms with Crippen molar-refractivity contribution in [3.8, 4) is 0 Å². The first kappa shape index (κ1) is 11.9. The summed E-state index contributed by atoms with van der Waals surface area (Å²) in [6.07, 6.45) is 2.89. The maximum absolute atomic E-state index is 11.8. The number of rotatable bonds is 2. The van der Waals surface area contributed by atoms with Crippen LogP contribution >= 0.6 is 27.5 Å². The second-order valence-electron chi connectivity index (χ2n) is 3.15. The topological polar surface area (TPSA) is 96.7 Å². The van der Waals surface area contributed by atoms with Crippen LogP contribution in [0.5, 0.6) is 0 Å². The van der Waals surface area contributed by atoms with Gasteiger partial charge in [-0.3, -0.25) is 9.89 Å². The zero-order valence-electron chi connectivity index (χ0n) is 8.37. The number of pyridine rings is 1. The summed E-state index contributed by atoms with van der Waals surface area (Å²) in [5, 5.41) is 8.93. The van der Waals surface area contributed by atoms with E-state index < -0.39 is 5.91 Å². The second kappa shape index (κ2) is 4.72. The summed E-state index contributed by atoms with van der Waals surface area (Å²) in [5.41, 5.74) is 6.39. The number of hydrogen-bond donors (Lipinski definition) is 3. The average Bonchev–Trinajstić information content (AvgIpc) is 2.70. The van der Waals surface area contributed by atoms with E-state index in [4.69, 9.17) is 17.3 Å². The van der Waals surface area contributed by atoms with Gasteiger partial charge in [-0.15, -0.1) is 0 Å². The third-order valence-electron chi connectivity index (χ3n) is 1.95. The van der Waals surface area contributed by atoms with Crippen molar-refractivity contribution in [2.24, 2.45) is 0 Å². The molecule has 2 rings (SSSR count). The maximum Gasteiger partial charge on any atom is 0.275 e. The fourth-order valence-corrected chi connectivity index (χ4v) is 1.65. The number of hydrogen-bond acceptors (Lipinski definition) is 4. The van der Waals surface area contributed by atoms with E-state index in [1.54, 1.807) is 6.07 Å². The first-order valence-corrected chi connectivity index (χ1v) is 5.66. The average molecular weight is 317 g/mol. The van der Waals surface area contributed by atoms with Gasteiger partial charge in [0.25, 0.3) is 5.91 Å². The lowest BCUT2D eigenvalue weighted by molar-refractivity contribution is 0.102. The molecule has 88 valence electrons. The van der Waals surface area contributed by atoms with Crippen LogP contribution in [-0.2, 0) is 0 Å². The molecule has 0 aromatic carbocycles. The van der Waals surface area contributed by atoms with E-state index in [1.807, 2.05) is 0 Å². The first-order valence-electron chi connectivity index (χ1n) is 4.49. The molecule has 0 spiro atoms. The van der Waals surface area contributed by atoms with Gasteiger partial charge in [-0.05, 0) is 22.0 Å². The van der Waals surface area contributed by atoms with Crippen molar-refractivity contribution in [1.29, 1.82) is 0 Å². The molecular weight excluding hydrogens is 309 g/mol. The third-order valence-corrected chi connectivity index (χ3v) is 2.68. The number of aromatic nitrogens is 3. The highest BCUT2D eigenvalue weighted by molar-refractivity contribution is 9.10. The molecule has 2 aromatic rings. The zero-order valence-corrected chi connectivity index (χ0v) is 10.7. The van der Waals surface area contributed by atoms with Gasteiger partial charge in [-0.1, -0.05) is 11.6 Å². The summed E-state index contributed by atoms with van der Waals surface area (Å²) in [6, 6.07) is 1.64. The lowest BCUT2D eigenvalue weighted by Crippen LogP contribution is -2.14. The molecular formula is C9H7BrClN5O. The summed E-state index contributed by atoms with van der Waals surface area (Å²) in [4.78, 5) is 15.7. The second-order valence-corrected chi connectivity index (χ2v) is 4.42. The molecule has 2 heterocycles. The Labute approximate surface area is 110 Å². The fourth-order valence-electron chi connectivity index (χ4n) is 1.17. The highest BCUT2D eigenvalue weighted by Gasteiger charge is 2.13. The SMILES string of the molecule is Nc1cn[nH]c1C(=O)Nc1cc(Br)cnc1Cl. The maximum atomic E-state index is 11.8. The fraction of sp³-hybridized carbons (Fsp3) is 0. The van der Waals surface area contributed by atoms with Crippen molar-refractivity contribution in [1.82, 2.24) is 15.2 Å². The van der Waals surface area contributed by atoms with Crippen LogP contribution < -0.4 is 11.1 Å². The van der Waals surface area contributed by atoms with E-state index >= 15 is 0 Å². The third kappa shape index (κ3) is 2.56. The number of nitrogens with zero attached hydrogens (tertiary/aromatic N) is 2. The van der Waals surface area contributed by atoms with Crippen molar-refractivity contribution in [2.45, 2.75) is 0 Å². The molecule has 1 amide bonds. The Morgan fingerprint density at radius 2 is 2.29 bits per heavy atom. The summed E-state index contributed by atoms with van der Waals surface area (Å²) in [7, 11) is 0. The number of halogens is 2. The van der Waals surface area contributed by atoms with E-state index in [2.05, 4.69) is 36.4 Å². The molecule has 0 aliphatic carbocycles. The van der Waals surface area contributed by atoms with Crippen LogP contribution in [0.2, 0.25) is 5.15 Å². The molecule has 0 saturated heterocycles. The standard InChI is InChI=1S/C9H7BrClN5O/c10-4-1-6(8(11)13-2-4)15-9(17)7-5(12)3-14-16-7/h1-3H,12H2,(H,14,16)(H,15,17). The number of amides is 1. The number of anilines is 2. The van der Waals surface area contributed by atoms with Gasteiger partial charge < -0.3 is 11.1 Å². The predicted molar refractivity (Wildman–Crippen MR) is 67.9 cm³/mol. The highest BCUT2D eigenvalue weighted by atomic mass is 79.9. The predicted octanol–water partition coefficient (Wildman–Crippen LogP) is 2.06. The number of carbonyl (C=O) groups is 1. The van der Waals surface area contributed by atoms with Crippen LogP contribution in [0.25, 0.3) is 0 Å². The quantitative estimate of drug-likeness (QED) is 0.739. The van der Waals surface area contributed by atoms with Crippen molar-refractivity contribution in [3.05, 3.63) is 33.8 Å². The Kier molecular flexibility index (Phi) is 3.30. The van der Waals surface area contributed by atoms with Crippen LogP contribution in [0.15, 0.2) is 22.9 Å². The largest absolute Gasteiger partial charge is 0.396 e. The molecule has 2 aromatic heterocycles. The molecule has 6 nitrogen and oxygen atoms in total. The Hall–Kier alpha value is -1.60. The highest BCUT2D eigenvalue weighted by Crippen LogP contribution is 2.23. The number of nitrogen functional groups attached to an aromatic ring is 1. The molecule has 4 N–H and O–H groups in total. The number of aromatic amines is 1. The zero-order chi connectivity index (χ0) is 12.4. The lowest BCUT2D eigenvalue weighted by atomic mass is 10.3. The van der Waals surface area contributed by atoms with E-state index in [1.165, 1.54) is 12.4 Å². The van der Waals surface area contributed by atoms with Crippen LogP contribution in [-0.4, -0.2) is 21.1 Å². The Bertz CT molecular complexity index is 570. The van der Waals surface area contributed by atoms with Crippen LogP contribution in [0.4, 0.5) is 11.4 Å². The Morgan fingerprint density at radius 1 is 1.53 bits per heavy atom. The van der Waals surface area contributed by atoms with Gasteiger partial charge in [0.2, 0.25) is 0 Å². The number of carbonyl (C=O) groups excluding carboxylic acids is 1. The Morgan fingerprint density at radius 3 is 2.94 bits per heavy atom. The van der Waals surface area contributed by atoms with E-state index in [9.17, 15) is 4.79 Å². The minimum atomic E-state index is -0.429. The van der Waals surface area contributed by atoms with Crippen molar-refractivity contribution < 1.29 is 4.79 Å². The van der Waals surface area contributed by atoms with Gasteiger partial charge in [0.05, 0.1) is 17.6 Å². The molecule has 0 bridgehead atoms. The van der Waals surface area contributed by atoms with Crippen LogP contribution in [0.3, 0.4) is 0 Å². The molecule has 0 fully saturated rings. The normalized spacial score (nSPS) is 10.2. The van der Waals surface area contributed by atoms with Crippen LogP contribution in [0.1, 0.15) is 10.5 Å². The molecule has 0 radical (unpaired) electrons. The van der Waals surface area contributed by atoms with Crippen molar-refractivity contribution in [2.75, 3.05) is 11.1 Å². The van der Waals surface area contributed by atoms with Gasteiger partial charge in [-0.2, -0.15) is 5.10 Å². The van der Waals surface area contributed by atoms with E-state index in [0.717, 1.165) is 0 Å². The van der Waals surface area contributed by atoms with E-state index in [0.29, 0.717) is 10.2 Å². The van der Waals surface area contributed by atoms with Gasteiger partial charge in [0, 0.05) is 10.7 Å². The molecule has 0 unspecified atom stereocenters. The number of nitrogens with two attached hydrogens (primary N) is 1. The number of H-pyrrole nitrogens is 1. The van der Waals surface area contributed by atoms with Gasteiger partial charge in [0.1, 0.15) is 5.69 Å². The lowest BCUT2D eigenvalue weighted by Gasteiger charge is -2.06. The molecule has 17 heavy (non-hydrogen) atoms. The Balaban J connectivity index is 2.24. The first-order chi connectivity index (χ1) is 8.08. The van der Waals surface area contributed by atoms with Crippen molar-refractivity contribution >= 4 is 44.8 Å². The van der Waals surface area contributed by atoms with Gasteiger partial charge in [-0.25, -0.2) is 4.98 Å².